The van der Waals surface area contributed by atoms with Crippen LogP contribution in [0.2, 0.25) is 0 Å². The first-order chi connectivity index (χ1) is 12.2. The lowest BCUT2D eigenvalue weighted by Crippen LogP contribution is -2.41. The molecule has 0 aromatic heterocycles. The minimum Gasteiger partial charge on any atom is -0.354 e. The lowest BCUT2D eigenvalue weighted by Gasteiger charge is -2.22. The second kappa shape index (κ2) is 8.22. The maximum absolute atomic E-state index is 13.9. The highest BCUT2D eigenvalue weighted by atomic mass is 32.2. The molecule has 0 spiro atoms. The Morgan fingerprint density at radius 1 is 1.04 bits per heavy atom. The number of nitrogens with zero attached hydrogens (tertiary/aromatic N) is 1. The Morgan fingerprint density at radius 3 is 2.15 bits per heavy atom. The normalized spacial score (nSPS) is 11.2. The molecule has 26 heavy (non-hydrogen) atoms. The summed E-state index contributed by atoms with van der Waals surface area (Å²) >= 11 is 0. The van der Waals surface area contributed by atoms with Crippen molar-refractivity contribution in [2.24, 2.45) is 0 Å². The van der Waals surface area contributed by atoms with E-state index in [2.05, 4.69) is 5.32 Å². The van der Waals surface area contributed by atoms with Gasteiger partial charge in [-0.2, -0.15) is 0 Å². The van der Waals surface area contributed by atoms with Gasteiger partial charge in [-0.1, -0.05) is 18.2 Å². The summed E-state index contributed by atoms with van der Waals surface area (Å²) in [5.41, 5.74) is -0.0319. The first-order valence-corrected chi connectivity index (χ1v) is 9.46. The predicted molar refractivity (Wildman–Crippen MR) is 91.7 cm³/mol. The monoisotopic (exact) mass is 386 g/mol. The smallest absolute Gasteiger partial charge is 0.240 e. The van der Waals surface area contributed by atoms with Crippen LogP contribution in [-0.4, -0.2) is 33.7 Å². The van der Waals surface area contributed by atoms with E-state index in [0.717, 1.165) is 30.0 Å². The summed E-state index contributed by atoms with van der Waals surface area (Å²) in [6, 6.07) is 8.58. The molecule has 0 unspecified atom stereocenters. The second-order valence-electron chi connectivity index (χ2n) is 5.57. The van der Waals surface area contributed by atoms with Crippen LogP contribution in [0.1, 0.15) is 5.56 Å². The molecule has 2 aromatic rings. The van der Waals surface area contributed by atoms with Crippen LogP contribution in [0.25, 0.3) is 0 Å². The van der Waals surface area contributed by atoms with Crippen LogP contribution < -0.4 is 9.62 Å². The van der Waals surface area contributed by atoms with Crippen LogP contribution in [0.5, 0.6) is 0 Å². The van der Waals surface area contributed by atoms with Gasteiger partial charge in [0.2, 0.25) is 15.9 Å². The molecule has 0 atom stereocenters. The molecule has 0 aliphatic rings. The van der Waals surface area contributed by atoms with Crippen LogP contribution in [0.4, 0.5) is 18.9 Å². The number of halogens is 3. The number of carbonyl (C=O) groups excluding carboxylic acids is 1. The van der Waals surface area contributed by atoms with E-state index in [4.69, 9.17) is 0 Å². The number of rotatable bonds is 7. The number of sulfonamides is 1. The van der Waals surface area contributed by atoms with E-state index < -0.39 is 39.8 Å². The van der Waals surface area contributed by atoms with E-state index in [-0.39, 0.29) is 12.4 Å². The highest BCUT2D eigenvalue weighted by Gasteiger charge is 2.26. The Hall–Kier alpha value is -2.55. The van der Waals surface area contributed by atoms with Gasteiger partial charge in [0, 0.05) is 6.54 Å². The van der Waals surface area contributed by atoms with Crippen molar-refractivity contribution < 1.29 is 26.4 Å². The fourth-order valence-electron chi connectivity index (χ4n) is 2.27. The van der Waals surface area contributed by atoms with E-state index in [1.807, 2.05) is 0 Å². The van der Waals surface area contributed by atoms with Crippen molar-refractivity contribution >= 4 is 21.6 Å². The van der Waals surface area contributed by atoms with E-state index in [0.29, 0.717) is 10.7 Å². The Morgan fingerprint density at radius 2 is 1.62 bits per heavy atom. The fourth-order valence-corrected chi connectivity index (χ4v) is 3.13. The van der Waals surface area contributed by atoms with Crippen molar-refractivity contribution in [2.75, 3.05) is 23.7 Å². The van der Waals surface area contributed by atoms with E-state index in [9.17, 15) is 26.4 Å². The van der Waals surface area contributed by atoms with E-state index in [1.165, 1.54) is 12.1 Å². The number of hydrogen-bond donors (Lipinski definition) is 1. The quantitative estimate of drug-likeness (QED) is 0.794. The van der Waals surface area contributed by atoms with Crippen molar-refractivity contribution in [3.63, 3.8) is 0 Å². The average molecular weight is 386 g/mol. The van der Waals surface area contributed by atoms with Gasteiger partial charge in [0.05, 0.1) is 6.26 Å². The van der Waals surface area contributed by atoms with Gasteiger partial charge in [-0.25, -0.2) is 21.6 Å². The van der Waals surface area contributed by atoms with Crippen LogP contribution in [-0.2, 0) is 21.2 Å². The standard InChI is InChI=1S/C17H17F3N2O3S/c1-26(24,25)22(17-14(19)3-2-4-15(17)20)11-16(23)21-10-9-12-5-7-13(18)8-6-12/h2-8H,9-11H2,1H3,(H,21,23). The Bertz CT molecular complexity index is 866. The zero-order valence-corrected chi connectivity index (χ0v) is 14.7. The van der Waals surface area contributed by atoms with Crippen molar-refractivity contribution in [3.05, 3.63) is 65.5 Å². The van der Waals surface area contributed by atoms with Crippen LogP contribution in [0.3, 0.4) is 0 Å². The predicted octanol–water partition coefficient (Wildman–Crippen LogP) is 2.23. The molecule has 9 heteroatoms. The molecule has 140 valence electrons. The van der Waals surface area contributed by atoms with Gasteiger partial charge in [-0.05, 0) is 36.2 Å². The number of para-hydroxylation sites is 1. The summed E-state index contributed by atoms with van der Waals surface area (Å²) in [6.07, 6.45) is 1.14. The number of nitrogens with one attached hydrogen (secondary N) is 1. The molecule has 0 aliphatic carbocycles. The van der Waals surface area contributed by atoms with Gasteiger partial charge in [0.1, 0.15) is 18.0 Å². The molecule has 0 saturated carbocycles. The minimum absolute atomic E-state index is 0.155. The van der Waals surface area contributed by atoms with Crippen LogP contribution in [0.15, 0.2) is 42.5 Å². The third kappa shape index (κ3) is 5.22. The fraction of sp³-hybridized carbons (Fsp3) is 0.235. The molecule has 1 N–H and O–H groups in total. The van der Waals surface area contributed by atoms with Gasteiger partial charge in [-0.3, -0.25) is 9.10 Å². The molecule has 0 saturated heterocycles. The second-order valence-corrected chi connectivity index (χ2v) is 7.47. The SMILES string of the molecule is CS(=O)(=O)N(CC(=O)NCCc1ccc(F)cc1)c1c(F)cccc1F. The first-order valence-electron chi connectivity index (χ1n) is 7.61. The van der Waals surface area contributed by atoms with Crippen molar-refractivity contribution in [3.8, 4) is 0 Å². The summed E-state index contributed by atoms with van der Waals surface area (Å²) in [5, 5.41) is 2.47. The molecule has 5 nitrogen and oxygen atoms in total. The summed E-state index contributed by atoms with van der Waals surface area (Å²) in [6.45, 7) is -0.609. The molecule has 1 amide bonds. The topological polar surface area (TPSA) is 66.5 Å². The summed E-state index contributed by atoms with van der Waals surface area (Å²) in [4.78, 5) is 12.0. The molecule has 2 rings (SSSR count). The zero-order valence-electron chi connectivity index (χ0n) is 13.9. The van der Waals surface area contributed by atoms with Gasteiger partial charge < -0.3 is 5.32 Å². The van der Waals surface area contributed by atoms with E-state index >= 15 is 0 Å². The third-order valence-electron chi connectivity index (χ3n) is 3.52. The van der Waals surface area contributed by atoms with Gasteiger partial charge in [-0.15, -0.1) is 0 Å². The average Bonchev–Trinajstić information content (AvgIpc) is 2.54. The molecule has 0 heterocycles. The molecule has 0 fully saturated rings. The summed E-state index contributed by atoms with van der Waals surface area (Å²) in [7, 11) is -4.09. The minimum atomic E-state index is -4.09. The van der Waals surface area contributed by atoms with Crippen molar-refractivity contribution in [1.82, 2.24) is 5.32 Å². The lowest BCUT2D eigenvalue weighted by atomic mass is 10.1. The number of hydrogen-bond acceptors (Lipinski definition) is 3. The maximum Gasteiger partial charge on any atom is 0.240 e. The zero-order chi connectivity index (χ0) is 19.3. The van der Waals surface area contributed by atoms with Gasteiger partial charge in [0.15, 0.2) is 11.6 Å². The van der Waals surface area contributed by atoms with Gasteiger partial charge in [0.25, 0.3) is 0 Å². The maximum atomic E-state index is 13.9. The summed E-state index contributed by atoms with van der Waals surface area (Å²) < 4.78 is 64.7. The highest BCUT2D eigenvalue weighted by Crippen LogP contribution is 2.25. The van der Waals surface area contributed by atoms with Crippen molar-refractivity contribution in [1.29, 1.82) is 0 Å². The number of benzene rings is 2. The van der Waals surface area contributed by atoms with Crippen molar-refractivity contribution in [2.45, 2.75) is 6.42 Å². The van der Waals surface area contributed by atoms with Crippen LogP contribution >= 0.6 is 0 Å². The molecule has 2 aromatic carbocycles. The highest BCUT2D eigenvalue weighted by molar-refractivity contribution is 7.92. The number of amides is 1. The first kappa shape index (κ1) is 19.8. The Labute approximate surface area is 149 Å². The molecular formula is C17H17F3N2O3S. The molecular weight excluding hydrogens is 369 g/mol. The molecule has 0 bridgehead atoms. The summed E-state index contributed by atoms with van der Waals surface area (Å²) in [5.74, 6) is -3.28. The largest absolute Gasteiger partial charge is 0.354 e. The Kier molecular flexibility index (Phi) is 6.25. The van der Waals surface area contributed by atoms with Crippen LogP contribution in [0, 0.1) is 17.5 Å². The van der Waals surface area contributed by atoms with Gasteiger partial charge >= 0.3 is 0 Å². The third-order valence-corrected chi connectivity index (χ3v) is 4.64. The number of carbonyl (C=O) groups is 1. The van der Waals surface area contributed by atoms with E-state index in [1.54, 1.807) is 12.1 Å². The number of anilines is 1. The molecule has 0 radical (unpaired) electrons. The molecule has 0 aliphatic heterocycles. The lowest BCUT2D eigenvalue weighted by molar-refractivity contribution is -0.119. The Balaban J connectivity index is 2.04.